The zero-order valence-electron chi connectivity index (χ0n) is 12.0. The van der Waals surface area contributed by atoms with Gasteiger partial charge in [-0.2, -0.15) is 0 Å². The Morgan fingerprint density at radius 3 is 2.67 bits per heavy atom. The summed E-state index contributed by atoms with van der Waals surface area (Å²) in [7, 11) is 0. The van der Waals surface area contributed by atoms with Gasteiger partial charge in [0.1, 0.15) is 0 Å². The molecule has 1 aromatic carbocycles. The van der Waals surface area contributed by atoms with Crippen LogP contribution in [0, 0.1) is 0 Å². The third-order valence-corrected chi connectivity index (χ3v) is 4.37. The molecule has 2 aliphatic rings. The minimum atomic E-state index is -0.926. The molecule has 1 aliphatic carbocycles. The lowest BCUT2D eigenvalue weighted by Crippen LogP contribution is -2.46. The van der Waals surface area contributed by atoms with Crippen LogP contribution in [0.15, 0.2) is 18.2 Å². The largest absolute Gasteiger partial charge is 0.478 e. The van der Waals surface area contributed by atoms with Gasteiger partial charge in [-0.1, -0.05) is 12.8 Å². The molecule has 5 heteroatoms. The summed E-state index contributed by atoms with van der Waals surface area (Å²) in [5.74, 6) is -0.926. The van der Waals surface area contributed by atoms with Gasteiger partial charge in [0.25, 0.3) is 0 Å². The van der Waals surface area contributed by atoms with Crippen molar-refractivity contribution in [3.63, 3.8) is 0 Å². The second kappa shape index (κ2) is 5.76. The smallest absolute Gasteiger partial charge is 0.335 e. The van der Waals surface area contributed by atoms with Crippen molar-refractivity contribution in [1.82, 2.24) is 5.32 Å². The van der Waals surface area contributed by atoms with E-state index in [1.165, 1.54) is 12.8 Å². The molecule has 2 N–H and O–H groups in total. The van der Waals surface area contributed by atoms with Gasteiger partial charge in [0.2, 0.25) is 0 Å². The third-order valence-electron chi connectivity index (χ3n) is 4.37. The van der Waals surface area contributed by atoms with E-state index in [9.17, 15) is 9.59 Å². The highest BCUT2D eigenvalue weighted by molar-refractivity contribution is 5.95. The van der Waals surface area contributed by atoms with Crippen LogP contribution in [-0.2, 0) is 6.42 Å². The third kappa shape index (κ3) is 2.86. The number of urea groups is 1. The molecule has 112 valence electrons. The highest BCUT2D eigenvalue weighted by atomic mass is 16.4. The van der Waals surface area contributed by atoms with Crippen molar-refractivity contribution in [3.05, 3.63) is 29.3 Å². The van der Waals surface area contributed by atoms with E-state index in [2.05, 4.69) is 5.32 Å². The minimum absolute atomic E-state index is 0.0501. The molecular weight excluding hydrogens is 268 g/mol. The van der Waals surface area contributed by atoms with Gasteiger partial charge in [-0.25, -0.2) is 9.59 Å². The van der Waals surface area contributed by atoms with E-state index >= 15 is 0 Å². The first-order valence-electron chi connectivity index (χ1n) is 7.59. The summed E-state index contributed by atoms with van der Waals surface area (Å²) in [5, 5.41) is 12.2. The molecule has 1 aromatic rings. The molecule has 1 heterocycles. The summed E-state index contributed by atoms with van der Waals surface area (Å²) in [5.41, 5.74) is 2.08. The monoisotopic (exact) mass is 288 g/mol. The first-order valence-corrected chi connectivity index (χ1v) is 7.59. The average molecular weight is 288 g/mol. The topological polar surface area (TPSA) is 69.6 Å². The second-order valence-electron chi connectivity index (χ2n) is 5.83. The van der Waals surface area contributed by atoms with Crippen molar-refractivity contribution in [2.24, 2.45) is 0 Å². The van der Waals surface area contributed by atoms with Crippen LogP contribution in [0.5, 0.6) is 0 Å². The average Bonchev–Trinajstić information content (AvgIpc) is 2.98. The maximum Gasteiger partial charge on any atom is 0.335 e. The molecule has 0 spiro atoms. The van der Waals surface area contributed by atoms with Crippen LogP contribution in [0.2, 0.25) is 0 Å². The zero-order chi connectivity index (χ0) is 14.8. The lowest BCUT2D eigenvalue weighted by Gasteiger charge is -2.30. The van der Waals surface area contributed by atoms with Crippen LogP contribution in [-0.4, -0.2) is 29.7 Å². The van der Waals surface area contributed by atoms with Gasteiger partial charge in [0, 0.05) is 18.3 Å². The Morgan fingerprint density at radius 2 is 1.95 bits per heavy atom. The Bertz CT molecular complexity index is 565. The number of anilines is 1. The van der Waals surface area contributed by atoms with E-state index in [0.29, 0.717) is 12.6 Å². The Labute approximate surface area is 123 Å². The molecule has 0 saturated heterocycles. The zero-order valence-corrected chi connectivity index (χ0v) is 12.0. The summed E-state index contributed by atoms with van der Waals surface area (Å²) in [6, 6.07) is 5.26. The van der Waals surface area contributed by atoms with Gasteiger partial charge in [0.05, 0.1) is 5.56 Å². The molecule has 0 atom stereocenters. The van der Waals surface area contributed by atoms with Crippen molar-refractivity contribution in [2.45, 2.75) is 44.6 Å². The molecule has 0 bridgehead atoms. The molecule has 0 aromatic heterocycles. The first-order chi connectivity index (χ1) is 10.1. The van der Waals surface area contributed by atoms with Crippen LogP contribution in [0.25, 0.3) is 0 Å². The maximum atomic E-state index is 12.4. The Kier molecular flexibility index (Phi) is 3.82. The SMILES string of the molecule is O=C(O)c1ccc2c(c1)CCCN2C(=O)NC1CCCC1. The molecule has 5 nitrogen and oxygen atoms in total. The second-order valence-corrected chi connectivity index (χ2v) is 5.83. The van der Waals surface area contributed by atoms with E-state index in [4.69, 9.17) is 5.11 Å². The molecule has 1 saturated carbocycles. The number of hydrogen-bond acceptors (Lipinski definition) is 2. The molecule has 3 rings (SSSR count). The number of rotatable bonds is 2. The predicted octanol–water partition coefficient (Wildman–Crippen LogP) is 2.79. The number of benzene rings is 1. The summed E-state index contributed by atoms with van der Waals surface area (Å²) in [6.07, 6.45) is 6.18. The molecule has 1 fully saturated rings. The lowest BCUT2D eigenvalue weighted by atomic mass is 9.99. The highest BCUT2D eigenvalue weighted by Crippen LogP contribution is 2.28. The molecule has 2 amide bonds. The van der Waals surface area contributed by atoms with Gasteiger partial charge in [-0.05, 0) is 49.4 Å². The number of nitrogens with one attached hydrogen (secondary N) is 1. The molecule has 0 radical (unpaired) electrons. The number of hydrogen-bond donors (Lipinski definition) is 2. The fourth-order valence-corrected chi connectivity index (χ4v) is 3.26. The minimum Gasteiger partial charge on any atom is -0.478 e. The number of carbonyl (C=O) groups excluding carboxylic acids is 1. The van der Waals surface area contributed by atoms with Crippen molar-refractivity contribution in [2.75, 3.05) is 11.4 Å². The molecule has 0 unspecified atom stereocenters. The van der Waals surface area contributed by atoms with Crippen molar-refractivity contribution < 1.29 is 14.7 Å². The van der Waals surface area contributed by atoms with Crippen LogP contribution < -0.4 is 10.2 Å². The van der Waals surface area contributed by atoms with Crippen LogP contribution in [0.1, 0.15) is 48.0 Å². The maximum absolute atomic E-state index is 12.4. The van der Waals surface area contributed by atoms with Crippen LogP contribution >= 0.6 is 0 Å². The van der Waals surface area contributed by atoms with Gasteiger partial charge >= 0.3 is 12.0 Å². The lowest BCUT2D eigenvalue weighted by molar-refractivity contribution is 0.0696. The quantitative estimate of drug-likeness (QED) is 0.879. The standard InChI is InChI=1S/C16H20N2O3/c19-15(20)12-7-8-14-11(10-12)4-3-9-18(14)16(21)17-13-5-1-2-6-13/h7-8,10,13H,1-6,9H2,(H,17,21)(H,19,20). The fourth-order valence-electron chi connectivity index (χ4n) is 3.26. The van der Waals surface area contributed by atoms with E-state index in [1.54, 1.807) is 23.1 Å². The number of carboxylic acid groups (broad SMARTS) is 1. The Balaban J connectivity index is 1.79. The molecule has 21 heavy (non-hydrogen) atoms. The van der Waals surface area contributed by atoms with E-state index in [0.717, 1.165) is 36.9 Å². The van der Waals surface area contributed by atoms with Crippen molar-refractivity contribution in [3.8, 4) is 0 Å². The summed E-state index contributed by atoms with van der Waals surface area (Å²) < 4.78 is 0. The number of fused-ring (bicyclic) bond motifs is 1. The normalized spacial score (nSPS) is 18.4. The summed E-state index contributed by atoms with van der Waals surface area (Å²) in [6.45, 7) is 0.692. The number of carbonyl (C=O) groups is 2. The summed E-state index contributed by atoms with van der Waals surface area (Å²) in [4.78, 5) is 25.2. The number of aryl methyl sites for hydroxylation is 1. The van der Waals surface area contributed by atoms with Gasteiger partial charge in [-0.15, -0.1) is 0 Å². The first kappa shape index (κ1) is 13.9. The van der Waals surface area contributed by atoms with Gasteiger partial charge in [0.15, 0.2) is 0 Å². The van der Waals surface area contributed by atoms with Gasteiger partial charge < -0.3 is 10.4 Å². The van der Waals surface area contributed by atoms with Crippen molar-refractivity contribution >= 4 is 17.7 Å². The van der Waals surface area contributed by atoms with Crippen molar-refractivity contribution in [1.29, 1.82) is 0 Å². The number of amides is 2. The summed E-state index contributed by atoms with van der Waals surface area (Å²) >= 11 is 0. The molecule has 1 aliphatic heterocycles. The van der Waals surface area contributed by atoms with Gasteiger partial charge in [-0.3, -0.25) is 4.90 Å². The number of carboxylic acids is 1. The van der Waals surface area contributed by atoms with E-state index < -0.39 is 5.97 Å². The molecular formula is C16H20N2O3. The fraction of sp³-hybridized carbons (Fsp3) is 0.500. The van der Waals surface area contributed by atoms with E-state index in [1.807, 2.05) is 0 Å². The van der Waals surface area contributed by atoms with E-state index in [-0.39, 0.29) is 11.6 Å². The predicted molar refractivity (Wildman–Crippen MR) is 79.9 cm³/mol. The Hall–Kier alpha value is -2.04. The van der Waals surface area contributed by atoms with Crippen LogP contribution in [0.3, 0.4) is 0 Å². The number of nitrogens with zero attached hydrogens (tertiary/aromatic N) is 1. The number of aromatic carboxylic acids is 1. The highest BCUT2D eigenvalue weighted by Gasteiger charge is 2.26. The Morgan fingerprint density at radius 1 is 1.19 bits per heavy atom. The van der Waals surface area contributed by atoms with Crippen LogP contribution in [0.4, 0.5) is 10.5 Å².